The zero-order valence-corrected chi connectivity index (χ0v) is 10.5. The second-order valence-corrected chi connectivity index (χ2v) is 4.92. The van der Waals surface area contributed by atoms with Crippen LogP contribution in [0.15, 0.2) is 24.3 Å². The highest BCUT2D eigenvalue weighted by atomic mass is 32.1. The van der Waals surface area contributed by atoms with Gasteiger partial charge in [-0.15, -0.1) is 11.3 Å². The zero-order chi connectivity index (χ0) is 12.3. The van der Waals surface area contributed by atoms with Gasteiger partial charge in [0, 0.05) is 0 Å². The fourth-order valence-corrected chi connectivity index (χ4v) is 2.38. The molecule has 17 heavy (non-hydrogen) atoms. The zero-order valence-electron chi connectivity index (χ0n) is 9.64. The van der Waals surface area contributed by atoms with E-state index < -0.39 is 6.04 Å². The summed E-state index contributed by atoms with van der Waals surface area (Å²) in [6.45, 7) is 2.34. The molecule has 2 aromatic rings. The Morgan fingerprint density at radius 1 is 1.53 bits per heavy atom. The van der Waals surface area contributed by atoms with Crippen LogP contribution in [0.2, 0.25) is 0 Å². The smallest absolute Gasteiger partial charge is 0.237 e. The number of benzene rings is 1. The lowest BCUT2D eigenvalue weighted by Crippen LogP contribution is -2.39. The molecule has 0 fully saturated rings. The van der Waals surface area contributed by atoms with Gasteiger partial charge in [0.1, 0.15) is 5.01 Å². The third-order valence-electron chi connectivity index (χ3n) is 2.53. The van der Waals surface area contributed by atoms with Crippen molar-refractivity contribution >= 4 is 27.5 Å². The van der Waals surface area contributed by atoms with Gasteiger partial charge >= 0.3 is 0 Å². The summed E-state index contributed by atoms with van der Waals surface area (Å²) in [6.07, 6.45) is 0.645. The Hall–Kier alpha value is -1.46. The molecule has 0 aliphatic rings. The van der Waals surface area contributed by atoms with E-state index in [4.69, 9.17) is 5.73 Å². The van der Waals surface area contributed by atoms with Crippen molar-refractivity contribution in [1.29, 1.82) is 0 Å². The Balaban J connectivity index is 2.02. The molecule has 5 heteroatoms. The summed E-state index contributed by atoms with van der Waals surface area (Å²) in [5.41, 5.74) is 6.60. The third-order valence-corrected chi connectivity index (χ3v) is 3.57. The number of thiazole rings is 1. The second kappa shape index (κ2) is 5.25. The molecule has 0 aliphatic carbocycles. The summed E-state index contributed by atoms with van der Waals surface area (Å²) in [4.78, 5) is 15.9. The summed E-state index contributed by atoms with van der Waals surface area (Å²) in [5.74, 6) is -0.119. The van der Waals surface area contributed by atoms with E-state index in [1.807, 2.05) is 31.2 Å². The van der Waals surface area contributed by atoms with Gasteiger partial charge in [-0.05, 0) is 18.6 Å². The number of nitrogens with zero attached hydrogens (tertiary/aromatic N) is 1. The fourth-order valence-electron chi connectivity index (χ4n) is 1.47. The molecule has 0 bridgehead atoms. The van der Waals surface area contributed by atoms with Gasteiger partial charge in [-0.3, -0.25) is 4.79 Å². The molecule has 90 valence electrons. The molecule has 0 saturated heterocycles. The first-order chi connectivity index (χ1) is 8.20. The van der Waals surface area contributed by atoms with E-state index in [0.29, 0.717) is 13.0 Å². The minimum atomic E-state index is -0.427. The van der Waals surface area contributed by atoms with Crippen molar-refractivity contribution in [2.45, 2.75) is 25.9 Å². The predicted octanol–water partition coefficient (Wildman–Crippen LogP) is 1.65. The number of carbonyl (C=O) groups excluding carboxylic acids is 1. The van der Waals surface area contributed by atoms with Gasteiger partial charge in [-0.25, -0.2) is 4.98 Å². The molecule has 0 unspecified atom stereocenters. The molecule has 1 amide bonds. The monoisotopic (exact) mass is 249 g/mol. The molecule has 3 N–H and O–H groups in total. The molecule has 0 radical (unpaired) electrons. The summed E-state index contributed by atoms with van der Waals surface area (Å²) < 4.78 is 1.14. The number of carbonyl (C=O) groups is 1. The van der Waals surface area contributed by atoms with Crippen LogP contribution in [-0.2, 0) is 11.3 Å². The molecule has 0 saturated carbocycles. The van der Waals surface area contributed by atoms with E-state index >= 15 is 0 Å². The highest BCUT2D eigenvalue weighted by molar-refractivity contribution is 7.18. The predicted molar refractivity (Wildman–Crippen MR) is 69.7 cm³/mol. The molecule has 4 nitrogen and oxygen atoms in total. The van der Waals surface area contributed by atoms with Crippen LogP contribution in [0.3, 0.4) is 0 Å². The highest BCUT2D eigenvalue weighted by Gasteiger charge is 2.11. The lowest BCUT2D eigenvalue weighted by Gasteiger charge is -2.08. The number of hydrogen-bond acceptors (Lipinski definition) is 4. The van der Waals surface area contributed by atoms with Gasteiger partial charge in [0.2, 0.25) is 5.91 Å². The highest BCUT2D eigenvalue weighted by Crippen LogP contribution is 2.21. The minimum Gasteiger partial charge on any atom is -0.348 e. The van der Waals surface area contributed by atoms with Crippen LogP contribution in [0.5, 0.6) is 0 Å². The average Bonchev–Trinajstić information content (AvgIpc) is 2.77. The van der Waals surface area contributed by atoms with Crippen molar-refractivity contribution in [1.82, 2.24) is 10.3 Å². The SMILES string of the molecule is CC[C@@H](N)C(=O)NCc1nc2ccccc2s1. The van der Waals surface area contributed by atoms with Crippen molar-refractivity contribution in [3.05, 3.63) is 29.3 Å². The van der Waals surface area contributed by atoms with E-state index in [1.54, 1.807) is 11.3 Å². The number of amides is 1. The number of para-hydroxylation sites is 1. The molecular weight excluding hydrogens is 234 g/mol. The third kappa shape index (κ3) is 2.81. The number of fused-ring (bicyclic) bond motifs is 1. The second-order valence-electron chi connectivity index (χ2n) is 3.81. The largest absolute Gasteiger partial charge is 0.348 e. The van der Waals surface area contributed by atoms with E-state index in [2.05, 4.69) is 10.3 Å². The summed E-state index contributed by atoms with van der Waals surface area (Å²) in [7, 11) is 0. The number of hydrogen-bond donors (Lipinski definition) is 2. The van der Waals surface area contributed by atoms with E-state index in [1.165, 1.54) is 0 Å². The van der Waals surface area contributed by atoms with Crippen molar-refractivity contribution < 1.29 is 4.79 Å². The maximum atomic E-state index is 11.5. The normalized spacial score (nSPS) is 12.6. The Kier molecular flexibility index (Phi) is 3.71. The lowest BCUT2D eigenvalue weighted by atomic mass is 10.2. The first-order valence-corrected chi connectivity index (χ1v) is 6.40. The molecule has 1 aromatic carbocycles. The van der Waals surface area contributed by atoms with Crippen molar-refractivity contribution in [2.24, 2.45) is 5.73 Å². The van der Waals surface area contributed by atoms with Crippen LogP contribution in [0.25, 0.3) is 10.2 Å². The van der Waals surface area contributed by atoms with Crippen LogP contribution in [0.1, 0.15) is 18.4 Å². The Morgan fingerprint density at radius 2 is 2.29 bits per heavy atom. The van der Waals surface area contributed by atoms with Gasteiger partial charge in [-0.1, -0.05) is 19.1 Å². The topological polar surface area (TPSA) is 68.0 Å². The van der Waals surface area contributed by atoms with Gasteiger partial charge in [0.05, 0.1) is 22.8 Å². The number of rotatable bonds is 4. The van der Waals surface area contributed by atoms with Gasteiger partial charge in [-0.2, -0.15) is 0 Å². The number of nitrogens with one attached hydrogen (secondary N) is 1. The number of nitrogens with two attached hydrogens (primary N) is 1. The van der Waals surface area contributed by atoms with Crippen LogP contribution >= 0.6 is 11.3 Å². The fraction of sp³-hybridized carbons (Fsp3) is 0.333. The Bertz CT molecular complexity index is 490. The van der Waals surface area contributed by atoms with E-state index in [9.17, 15) is 4.79 Å². The van der Waals surface area contributed by atoms with Crippen LogP contribution in [0, 0.1) is 0 Å². The maximum absolute atomic E-state index is 11.5. The molecule has 1 aromatic heterocycles. The minimum absolute atomic E-state index is 0.119. The van der Waals surface area contributed by atoms with Crippen molar-refractivity contribution in [3.63, 3.8) is 0 Å². The molecule has 0 aliphatic heterocycles. The quantitative estimate of drug-likeness (QED) is 0.865. The van der Waals surface area contributed by atoms with Crippen LogP contribution in [-0.4, -0.2) is 16.9 Å². The molecule has 2 rings (SSSR count). The first kappa shape index (κ1) is 12.0. The summed E-state index contributed by atoms with van der Waals surface area (Å²) in [5, 5.41) is 3.70. The Morgan fingerprint density at radius 3 is 3.00 bits per heavy atom. The first-order valence-electron chi connectivity index (χ1n) is 5.58. The van der Waals surface area contributed by atoms with Crippen molar-refractivity contribution in [3.8, 4) is 0 Å². The average molecular weight is 249 g/mol. The molecule has 1 atom stereocenters. The van der Waals surface area contributed by atoms with E-state index in [-0.39, 0.29) is 5.91 Å². The molecule has 1 heterocycles. The van der Waals surface area contributed by atoms with Crippen LogP contribution < -0.4 is 11.1 Å². The molecule has 0 spiro atoms. The summed E-state index contributed by atoms with van der Waals surface area (Å²) in [6, 6.07) is 7.50. The Labute approximate surface area is 104 Å². The molecular formula is C12H15N3OS. The lowest BCUT2D eigenvalue weighted by molar-refractivity contribution is -0.122. The maximum Gasteiger partial charge on any atom is 0.237 e. The number of aromatic nitrogens is 1. The van der Waals surface area contributed by atoms with Crippen molar-refractivity contribution in [2.75, 3.05) is 0 Å². The van der Waals surface area contributed by atoms with Crippen LogP contribution in [0.4, 0.5) is 0 Å². The van der Waals surface area contributed by atoms with Gasteiger partial charge in [0.25, 0.3) is 0 Å². The summed E-state index contributed by atoms with van der Waals surface area (Å²) >= 11 is 1.59. The van der Waals surface area contributed by atoms with Gasteiger partial charge in [0.15, 0.2) is 0 Å². The van der Waals surface area contributed by atoms with E-state index in [0.717, 1.165) is 15.2 Å². The van der Waals surface area contributed by atoms with Gasteiger partial charge < -0.3 is 11.1 Å². The standard InChI is InChI=1S/C12H15N3OS/c1-2-8(13)12(16)14-7-11-15-9-5-3-4-6-10(9)17-11/h3-6,8H,2,7,13H2,1H3,(H,14,16)/t8-/m1/s1.